The summed E-state index contributed by atoms with van der Waals surface area (Å²) in [5.74, 6) is -0.166. The molecule has 0 aliphatic carbocycles. The maximum Gasteiger partial charge on any atom is 0.287 e. The smallest absolute Gasteiger partial charge is 0.287 e. The number of pyridine rings is 1. The molecule has 2 rings (SSSR count). The van der Waals surface area contributed by atoms with Crippen LogP contribution in [0.25, 0.3) is 0 Å². The molecule has 110 valence electrons. The average molecular weight is 288 g/mol. The molecule has 0 atom stereocenters. The Morgan fingerprint density at radius 1 is 1.43 bits per heavy atom. The van der Waals surface area contributed by atoms with Gasteiger partial charge in [0.05, 0.1) is 23.4 Å². The number of carbonyl (C=O) groups excluding carboxylic acids is 1. The van der Waals surface area contributed by atoms with Crippen molar-refractivity contribution in [3.8, 4) is 0 Å². The summed E-state index contributed by atoms with van der Waals surface area (Å²) in [6.45, 7) is 0.932. The highest BCUT2D eigenvalue weighted by Gasteiger charge is 2.15. The van der Waals surface area contributed by atoms with E-state index in [0.29, 0.717) is 0 Å². The van der Waals surface area contributed by atoms with Gasteiger partial charge in [-0.15, -0.1) is 0 Å². The maximum absolute atomic E-state index is 12.0. The highest BCUT2D eigenvalue weighted by atomic mass is 16.6. The van der Waals surface area contributed by atoms with Crippen LogP contribution in [0.5, 0.6) is 0 Å². The molecule has 1 N–H and O–H groups in total. The van der Waals surface area contributed by atoms with E-state index in [-0.39, 0.29) is 23.7 Å². The first-order chi connectivity index (χ1) is 10.1. The second-order valence-electron chi connectivity index (χ2n) is 4.80. The fraction of sp³-hybridized carbons (Fsp3) is 0.286. The Morgan fingerprint density at radius 2 is 2.14 bits per heavy atom. The summed E-state index contributed by atoms with van der Waals surface area (Å²) in [5.41, 5.74) is 1.31. The number of likely N-dealkylation sites (N-methyl/N-ethyl adjacent to an activating group) is 1. The molecular formula is C14H16N4O3. The summed E-state index contributed by atoms with van der Waals surface area (Å²) in [7, 11) is 1.84. The molecule has 7 heteroatoms. The van der Waals surface area contributed by atoms with E-state index in [0.717, 1.165) is 18.5 Å². The van der Waals surface area contributed by atoms with Crippen molar-refractivity contribution in [1.29, 1.82) is 0 Å². The van der Waals surface area contributed by atoms with Gasteiger partial charge < -0.3 is 4.98 Å². The first-order valence-corrected chi connectivity index (χ1v) is 6.49. The molecular weight excluding hydrogens is 272 g/mol. The molecule has 0 saturated heterocycles. The number of ketones is 1. The first kappa shape index (κ1) is 14.9. The van der Waals surface area contributed by atoms with E-state index in [9.17, 15) is 14.9 Å². The standard InChI is InChI=1S/C14H16N4O3/c1-17(7-4-11-2-5-15-6-3-11)10-14(19)13-8-12(9-16-13)18(20)21/h2-3,5-6,8-9,16H,4,7,10H2,1H3. The molecule has 0 unspecified atom stereocenters. The fourth-order valence-electron chi connectivity index (χ4n) is 1.93. The molecule has 0 aliphatic heterocycles. The Bertz CT molecular complexity index is 624. The normalized spacial score (nSPS) is 10.8. The van der Waals surface area contributed by atoms with Crippen LogP contribution in [0.4, 0.5) is 5.69 Å². The Morgan fingerprint density at radius 3 is 2.76 bits per heavy atom. The summed E-state index contributed by atoms with van der Waals surface area (Å²) in [5, 5.41) is 10.6. The summed E-state index contributed by atoms with van der Waals surface area (Å²) in [4.78, 5) is 30.5. The lowest BCUT2D eigenvalue weighted by Crippen LogP contribution is -2.28. The van der Waals surface area contributed by atoms with Gasteiger partial charge in [-0.25, -0.2) is 0 Å². The second kappa shape index (κ2) is 6.76. The van der Waals surface area contributed by atoms with Crippen molar-refractivity contribution in [3.05, 3.63) is 58.2 Å². The van der Waals surface area contributed by atoms with Gasteiger partial charge >= 0.3 is 0 Å². The number of nitrogens with one attached hydrogen (secondary N) is 1. The van der Waals surface area contributed by atoms with E-state index >= 15 is 0 Å². The molecule has 0 fully saturated rings. The van der Waals surface area contributed by atoms with Crippen molar-refractivity contribution >= 4 is 11.5 Å². The van der Waals surface area contributed by atoms with Crippen LogP contribution < -0.4 is 0 Å². The molecule has 0 amide bonds. The minimum absolute atomic E-state index is 0.0993. The molecule has 2 aromatic heterocycles. The summed E-state index contributed by atoms with van der Waals surface area (Å²) < 4.78 is 0. The third-order valence-corrected chi connectivity index (χ3v) is 3.12. The van der Waals surface area contributed by atoms with Crippen molar-refractivity contribution in [1.82, 2.24) is 14.9 Å². The number of rotatable bonds is 7. The Kier molecular flexibility index (Phi) is 4.78. The van der Waals surface area contributed by atoms with Gasteiger partial charge in [-0.3, -0.25) is 24.8 Å². The first-order valence-electron chi connectivity index (χ1n) is 6.49. The number of aromatic nitrogens is 2. The van der Waals surface area contributed by atoms with E-state index in [2.05, 4.69) is 9.97 Å². The monoisotopic (exact) mass is 288 g/mol. The molecule has 0 bridgehead atoms. The number of nitrogens with zero attached hydrogens (tertiary/aromatic N) is 3. The Balaban J connectivity index is 1.85. The third kappa shape index (κ3) is 4.22. The van der Waals surface area contributed by atoms with Crippen LogP contribution in [0.2, 0.25) is 0 Å². The number of aromatic amines is 1. The van der Waals surface area contributed by atoms with Crippen molar-refractivity contribution in [2.75, 3.05) is 20.1 Å². The SMILES string of the molecule is CN(CCc1ccncc1)CC(=O)c1cc([N+](=O)[O-])c[nH]1. The molecule has 0 saturated carbocycles. The largest absolute Gasteiger partial charge is 0.353 e. The zero-order chi connectivity index (χ0) is 15.2. The van der Waals surface area contributed by atoms with Crippen LogP contribution in [0.3, 0.4) is 0 Å². The van der Waals surface area contributed by atoms with Gasteiger partial charge in [0.1, 0.15) is 0 Å². The van der Waals surface area contributed by atoms with Gasteiger partial charge in [0.15, 0.2) is 5.78 Å². The van der Waals surface area contributed by atoms with Crippen LogP contribution in [0.1, 0.15) is 16.1 Å². The van der Waals surface area contributed by atoms with E-state index in [4.69, 9.17) is 0 Å². The average Bonchev–Trinajstić information content (AvgIpc) is 2.96. The molecule has 7 nitrogen and oxygen atoms in total. The molecule has 0 aromatic carbocycles. The minimum Gasteiger partial charge on any atom is -0.353 e. The van der Waals surface area contributed by atoms with Crippen LogP contribution in [-0.2, 0) is 6.42 Å². The van der Waals surface area contributed by atoms with Crippen LogP contribution >= 0.6 is 0 Å². The Labute approximate surface area is 121 Å². The maximum atomic E-state index is 12.0. The minimum atomic E-state index is -0.527. The fourth-order valence-corrected chi connectivity index (χ4v) is 1.93. The number of hydrogen-bond acceptors (Lipinski definition) is 5. The van der Waals surface area contributed by atoms with Crippen LogP contribution in [0, 0.1) is 10.1 Å². The molecule has 2 heterocycles. The molecule has 0 radical (unpaired) electrons. The van der Waals surface area contributed by atoms with Gasteiger partial charge in [0.2, 0.25) is 0 Å². The van der Waals surface area contributed by atoms with Gasteiger partial charge in [-0.05, 0) is 31.2 Å². The lowest BCUT2D eigenvalue weighted by atomic mass is 10.2. The molecule has 2 aromatic rings. The highest BCUT2D eigenvalue weighted by molar-refractivity contribution is 5.96. The predicted octanol–water partition coefficient (Wildman–Crippen LogP) is 1.68. The zero-order valence-corrected chi connectivity index (χ0v) is 11.7. The molecule has 21 heavy (non-hydrogen) atoms. The lowest BCUT2D eigenvalue weighted by molar-refractivity contribution is -0.384. The molecule has 0 spiro atoms. The number of Topliss-reactive ketones (excluding diaryl/α,β-unsaturated/α-hetero) is 1. The predicted molar refractivity (Wildman–Crippen MR) is 77.2 cm³/mol. The van der Waals surface area contributed by atoms with Crippen molar-refractivity contribution in [2.45, 2.75) is 6.42 Å². The Hall–Kier alpha value is -2.54. The highest BCUT2D eigenvalue weighted by Crippen LogP contribution is 2.12. The second-order valence-corrected chi connectivity index (χ2v) is 4.80. The van der Waals surface area contributed by atoms with Crippen molar-refractivity contribution in [3.63, 3.8) is 0 Å². The van der Waals surface area contributed by atoms with Crippen LogP contribution in [-0.4, -0.2) is 45.7 Å². The van der Waals surface area contributed by atoms with Gasteiger partial charge in [-0.1, -0.05) is 0 Å². The quantitative estimate of drug-likeness (QED) is 0.475. The number of hydrogen-bond donors (Lipinski definition) is 1. The number of nitro groups is 1. The summed E-state index contributed by atoms with van der Waals surface area (Å²) in [6, 6.07) is 5.13. The van der Waals surface area contributed by atoms with Gasteiger partial charge in [0, 0.05) is 25.0 Å². The van der Waals surface area contributed by atoms with Crippen molar-refractivity contribution in [2.24, 2.45) is 0 Å². The zero-order valence-electron chi connectivity index (χ0n) is 11.7. The van der Waals surface area contributed by atoms with Gasteiger partial charge in [-0.2, -0.15) is 0 Å². The lowest BCUT2D eigenvalue weighted by Gasteiger charge is -2.15. The van der Waals surface area contributed by atoms with E-state index in [1.807, 2.05) is 24.1 Å². The summed E-state index contributed by atoms with van der Waals surface area (Å²) in [6.07, 6.45) is 5.51. The topological polar surface area (TPSA) is 92.1 Å². The van der Waals surface area contributed by atoms with E-state index < -0.39 is 4.92 Å². The molecule has 0 aliphatic rings. The van der Waals surface area contributed by atoms with E-state index in [1.54, 1.807) is 12.4 Å². The van der Waals surface area contributed by atoms with E-state index in [1.165, 1.54) is 12.3 Å². The third-order valence-electron chi connectivity index (χ3n) is 3.12. The van der Waals surface area contributed by atoms with Gasteiger partial charge in [0.25, 0.3) is 5.69 Å². The van der Waals surface area contributed by atoms with Crippen molar-refractivity contribution < 1.29 is 9.72 Å². The summed E-state index contributed by atoms with van der Waals surface area (Å²) >= 11 is 0. The number of carbonyl (C=O) groups is 1. The number of H-pyrrole nitrogens is 1. The van der Waals surface area contributed by atoms with Crippen LogP contribution in [0.15, 0.2) is 36.8 Å².